The first-order chi connectivity index (χ1) is 15.7. The minimum absolute atomic E-state index is 0.0107. The Morgan fingerprint density at radius 3 is 2.42 bits per heavy atom. The molecule has 33 heavy (non-hydrogen) atoms. The van der Waals surface area contributed by atoms with Crippen LogP contribution in [0.25, 0.3) is 11.0 Å². The second-order valence-corrected chi connectivity index (χ2v) is 7.19. The minimum atomic E-state index is -0.754. The molecule has 1 saturated carbocycles. The van der Waals surface area contributed by atoms with Crippen LogP contribution in [0, 0.1) is 11.7 Å². The quantitative estimate of drug-likeness (QED) is 0.343. The van der Waals surface area contributed by atoms with Crippen LogP contribution in [0.5, 0.6) is 5.75 Å². The molecule has 0 saturated heterocycles. The molecule has 8 nitrogen and oxygen atoms in total. The van der Waals surface area contributed by atoms with E-state index in [-0.39, 0.29) is 41.0 Å². The van der Waals surface area contributed by atoms with Gasteiger partial charge in [0.05, 0.1) is 25.7 Å². The Balaban J connectivity index is 0.000000318. The van der Waals surface area contributed by atoms with Gasteiger partial charge in [-0.3, -0.25) is 4.79 Å². The number of hydrogen-bond acceptors (Lipinski definition) is 8. The average Bonchev–Trinajstić information content (AvgIpc) is 3.59. The zero-order valence-electron chi connectivity index (χ0n) is 19.4. The summed E-state index contributed by atoms with van der Waals surface area (Å²) in [5, 5.41) is 9.15. The molecule has 1 fully saturated rings. The maximum absolute atomic E-state index is 13.2. The van der Waals surface area contributed by atoms with Crippen molar-refractivity contribution in [1.29, 1.82) is 0 Å². The number of nitrogens with two attached hydrogens (primary N) is 1. The van der Waals surface area contributed by atoms with Gasteiger partial charge in [-0.25, -0.2) is 9.18 Å². The fourth-order valence-corrected chi connectivity index (χ4v) is 2.52. The van der Waals surface area contributed by atoms with Crippen molar-refractivity contribution >= 4 is 22.7 Å². The normalized spacial score (nSPS) is 13.3. The fraction of sp³-hybridized carbons (Fsp3) is 0.417. The van der Waals surface area contributed by atoms with Gasteiger partial charge in [-0.05, 0) is 56.9 Å². The van der Waals surface area contributed by atoms with Crippen molar-refractivity contribution in [2.24, 2.45) is 11.7 Å². The van der Waals surface area contributed by atoms with Crippen LogP contribution in [-0.4, -0.2) is 50.3 Å². The third-order valence-corrected chi connectivity index (χ3v) is 4.42. The number of benzene rings is 1. The van der Waals surface area contributed by atoms with Crippen molar-refractivity contribution in [2.45, 2.75) is 32.8 Å². The van der Waals surface area contributed by atoms with Crippen LogP contribution in [-0.2, 0) is 14.3 Å². The number of methoxy groups -OCH3 is 2. The lowest BCUT2D eigenvalue weighted by Crippen LogP contribution is -2.21. The summed E-state index contributed by atoms with van der Waals surface area (Å²) in [6.07, 6.45) is 5.84. The Bertz CT molecular complexity index is 963. The van der Waals surface area contributed by atoms with Crippen molar-refractivity contribution in [3.8, 4) is 5.75 Å². The lowest BCUT2D eigenvalue weighted by atomic mass is 10.2. The van der Waals surface area contributed by atoms with E-state index in [1.807, 2.05) is 13.0 Å². The Hall–Kier alpha value is -3.17. The molecule has 0 aliphatic heterocycles. The summed E-state index contributed by atoms with van der Waals surface area (Å²) in [5.41, 5.74) is 5.44. The average molecular weight is 466 g/mol. The van der Waals surface area contributed by atoms with Gasteiger partial charge in [-0.15, -0.1) is 0 Å². The molecule has 2 aromatic rings. The Morgan fingerprint density at radius 2 is 2.00 bits per heavy atom. The number of aliphatic hydroxyl groups excluding tert-OH is 1. The van der Waals surface area contributed by atoms with Gasteiger partial charge in [0.25, 0.3) is 5.76 Å². The van der Waals surface area contributed by atoms with Crippen molar-refractivity contribution in [3.63, 3.8) is 0 Å². The number of carbonyl (C=O) groups is 2. The van der Waals surface area contributed by atoms with Gasteiger partial charge in [0.15, 0.2) is 11.5 Å². The molecule has 1 aromatic carbocycles. The molecule has 0 amide bonds. The predicted octanol–water partition coefficient (Wildman–Crippen LogP) is 3.76. The van der Waals surface area contributed by atoms with Gasteiger partial charge >= 0.3 is 5.97 Å². The van der Waals surface area contributed by atoms with Gasteiger partial charge in [-0.1, -0.05) is 12.7 Å². The summed E-state index contributed by atoms with van der Waals surface area (Å²) in [6, 6.07) is 3.74. The number of allylic oxidation sites excluding steroid dienone is 2. The number of halogens is 1. The maximum atomic E-state index is 13.2. The third-order valence-electron chi connectivity index (χ3n) is 4.42. The highest BCUT2D eigenvalue weighted by molar-refractivity contribution is 5.99. The summed E-state index contributed by atoms with van der Waals surface area (Å²) < 4.78 is 33.0. The Kier molecular flexibility index (Phi) is 11.9. The first kappa shape index (κ1) is 27.9. The predicted molar refractivity (Wildman–Crippen MR) is 122 cm³/mol. The van der Waals surface area contributed by atoms with E-state index in [1.165, 1.54) is 45.1 Å². The zero-order chi connectivity index (χ0) is 25.0. The van der Waals surface area contributed by atoms with Gasteiger partial charge in [0, 0.05) is 6.54 Å². The van der Waals surface area contributed by atoms with E-state index in [9.17, 15) is 14.0 Å². The van der Waals surface area contributed by atoms with Crippen molar-refractivity contribution in [2.75, 3.05) is 27.4 Å². The Morgan fingerprint density at radius 1 is 1.33 bits per heavy atom. The number of fused-ring (bicyclic) bond motifs is 1. The van der Waals surface area contributed by atoms with Gasteiger partial charge in [-0.2, -0.15) is 0 Å². The molecule has 3 N–H and O–H groups in total. The highest BCUT2D eigenvalue weighted by Gasteiger charge is 2.28. The second kappa shape index (κ2) is 14.1. The summed E-state index contributed by atoms with van der Waals surface area (Å²) in [4.78, 5) is 22.5. The van der Waals surface area contributed by atoms with Gasteiger partial charge in [0.2, 0.25) is 0 Å². The van der Waals surface area contributed by atoms with Crippen LogP contribution in [0.2, 0.25) is 0 Å². The summed E-state index contributed by atoms with van der Waals surface area (Å²) in [7, 11) is 2.78. The standard InChI is InChI=1S/C13H11FO5.C6H10O.C5H11NO/c1-7(15)6-18-11-9-5-8(14)3-4-10(9)19-12(11)13(16)17-2;1-4-5-6(2)7-3;6-3-5(7)4-1-2-4/h3-5H,6H2,1-2H3;4-5H,2H2,1,3H3;4-5,7H,1-3,6H2/b;5-4-;. The van der Waals surface area contributed by atoms with Crippen molar-refractivity contribution < 1.29 is 37.7 Å². The molecular weight excluding hydrogens is 433 g/mol. The third kappa shape index (κ3) is 9.46. The number of rotatable bonds is 8. The molecule has 182 valence electrons. The largest absolute Gasteiger partial charge is 0.497 e. The molecule has 1 atom stereocenters. The van der Waals surface area contributed by atoms with Crippen LogP contribution < -0.4 is 10.5 Å². The van der Waals surface area contributed by atoms with E-state index in [2.05, 4.69) is 11.3 Å². The van der Waals surface area contributed by atoms with Crippen molar-refractivity contribution in [1.82, 2.24) is 0 Å². The molecule has 1 aliphatic carbocycles. The molecule has 1 unspecified atom stereocenters. The van der Waals surface area contributed by atoms with Crippen molar-refractivity contribution in [3.05, 3.63) is 54.3 Å². The lowest BCUT2D eigenvalue weighted by molar-refractivity contribution is -0.118. The van der Waals surface area contributed by atoms with E-state index in [0.29, 0.717) is 18.2 Å². The molecule has 0 radical (unpaired) electrons. The minimum Gasteiger partial charge on any atom is -0.497 e. The van der Waals surface area contributed by atoms with E-state index in [1.54, 1.807) is 13.2 Å². The van der Waals surface area contributed by atoms with Crippen LogP contribution >= 0.6 is 0 Å². The zero-order valence-corrected chi connectivity index (χ0v) is 19.4. The molecular formula is C24H32FNO7. The van der Waals surface area contributed by atoms with Crippen LogP contribution in [0.4, 0.5) is 4.39 Å². The van der Waals surface area contributed by atoms with Crippen LogP contribution in [0.3, 0.4) is 0 Å². The lowest BCUT2D eigenvalue weighted by Gasteiger charge is -2.03. The summed E-state index contributed by atoms with van der Waals surface area (Å²) >= 11 is 0. The highest BCUT2D eigenvalue weighted by atomic mass is 19.1. The molecule has 1 aliphatic rings. The van der Waals surface area contributed by atoms with Crippen LogP contribution in [0.15, 0.2) is 47.1 Å². The topological polar surface area (TPSA) is 121 Å². The number of aliphatic hydroxyl groups is 1. The number of esters is 1. The second-order valence-electron chi connectivity index (χ2n) is 7.19. The summed E-state index contributed by atoms with van der Waals surface area (Å²) in [5.74, 6) is -0.428. The Labute approximate surface area is 192 Å². The first-order valence-electron chi connectivity index (χ1n) is 10.3. The van der Waals surface area contributed by atoms with E-state index < -0.39 is 11.8 Å². The van der Waals surface area contributed by atoms with E-state index in [4.69, 9.17) is 24.7 Å². The molecule has 0 spiro atoms. The van der Waals surface area contributed by atoms with Crippen LogP contribution in [0.1, 0.15) is 37.2 Å². The molecule has 3 rings (SSSR count). The number of hydrogen-bond donors (Lipinski definition) is 2. The smallest absolute Gasteiger partial charge is 0.377 e. The first-order valence-corrected chi connectivity index (χ1v) is 10.3. The number of carbonyl (C=O) groups excluding carboxylic acids is 2. The number of furan rings is 1. The molecule has 1 aromatic heterocycles. The monoisotopic (exact) mass is 465 g/mol. The highest BCUT2D eigenvalue weighted by Crippen LogP contribution is 2.34. The SMILES string of the molecule is C=C(/C=C\C)OC.COC(=O)c1oc2ccc(F)cc2c1OCC(C)=O.NCC(O)C1CC1. The number of Topliss-reactive ketones (excluding diaryl/α,β-unsaturated/α-hetero) is 1. The number of ketones is 1. The van der Waals surface area contributed by atoms with E-state index >= 15 is 0 Å². The maximum Gasteiger partial charge on any atom is 0.377 e. The number of ether oxygens (including phenoxy) is 3. The summed E-state index contributed by atoms with van der Waals surface area (Å²) in [6.45, 7) is 7.00. The van der Waals surface area contributed by atoms with Gasteiger partial charge in [0.1, 0.15) is 23.8 Å². The molecule has 0 bridgehead atoms. The van der Waals surface area contributed by atoms with Gasteiger partial charge < -0.3 is 29.5 Å². The van der Waals surface area contributed by atoms with E-state index in [0.717, 1.165) is 0 Å². The molecule has 1 heterocycles. The molecule has 9 heteroatoms. The fourth-order valence-electron chi connectivity index (χ4n) is 2.52.